The van der Waals surface area contributed by atoms with Crippen molar-refractivity contribution in [1.29, 1.82) is 0 Å². The van der Waals surface area contributed by atoms with Crippen molar-refractivity contribution < 1.29 is 44.9 Å². The third kappa shape index (κ3) is 18.6. The molecule has 0 saturated carbocycles. The molecule has 0 saturated heterocycles. The third-order valence-corrected chi connectivity index (χ3v) is 33.2. The molecular formula is C121H123N10O5Si3+5. The topological polar surface area (TPSA) is 107 Å². The van der Waals surface area contributed by atoms with E-state index in [1.165, 1.54) is 65.6 Å². The van der Waals surface area contributed by atoms with Crippen LogP contribution in [0.5, 0.6) is 0 Å². The molecule has 20 rings (SSSR count). The van der Waals surface area contributed by atoms with Crippen molar-refractivity contribution in [2.24, 2.45) is 41.2 Å². The van der Waals surface area contributed by atoms with Crippen molar-refractivity contribution in [3.8, 4) is 56.3 Å². The summed E-state index contributed by atoms with van der Waals surface area (Å²) in [4.78, 5) is 18.0. The molecule has 0 radical (unpaired) electrons. The van der Waals surface area contributed by atoms with E-state index in [0.717, 1.165) is 156 Å². The number of furan rings is 5. The van der Waals surface area contributed by atoms with Crippen LogP contribution >= 0.6 is 0 Å². The maximum atomic E-state index is 7.54. The zero-order valence-corrected chi connectivity index (χ0v) is 88.3. The van der Waals surface area contributed by atoms with E-state index in [2.05, 4.69) is 371 Å². The first-order valence-electron chi connectivity index (χ1n) is 47.6. The lowest BCUT2D eigenvalue weighted by atomic mass is 9.86. The highest BCUT2D eigenvalue weighted by Crippen LogP contribution is 2.47. The summed E-state index contributed by atoms with van der Waals surface area (Å²) in [6.07, 6.45) is 12.0. The number of para-hydroxylation sites is 3. The smallest absolute Gasteiger partial charge is 0.229 e. The lowest BCUT2D eigenvalue weighted by Crippen LogP contribution is -2.49. The standard InChI is InChI=1S/C27H31N2OSi.C24H25N2OSi.C24H23N2O.C23H23N2OSi.C23H21N2O/c1-17-13-14-19-18-11-10-12-21(28-5)25(18)30-26(19)24(17)22-15-20(27(2,3)4)23(16-29(22)6)31(7,8)9;1-15-11-12-18-17-9-8-10-19(25-3)23(17)27-24(18)22(15)20-13-21(28(5,6)7)16(2)14-26(20)4;1-15(2)12-17-10-11-26(5)21(13-17)23-16(3)6-8-20-19-9-7-18(25-4)14-22(19)27-24(20)23;1-15-10-11-18-17-8-7-9-19(24-2)22(17)26-23(18)21(15)20-14-16(27(4,5)6)12-13-25(20)3;1-14(2)16-10-11-25(5)20(12-16)22-15(3)6-8-19-18-9-7-17(24-4)13-21(18)26-23(19)22/h10-16H,1-4,6-9H3;8-14H,1-2,4-7H3;6-11,13-15H,12H2,1-3,5H3;7-14H,1,3-6H3;6-14H,1-3,5H3/q5*+1. The Balaban J connectivity index is 0.000000126. The summed E-state index contributed by atoms with van der Waals surface area (Å²) in [5.41, 5.74) is 33.5. The van der Waals surface area contributed by atoms with E-state index in [0.29, 0.717) is 57.0 Å². The van der Waals surface area contributed by atoms with E-state index >= 15 is 0 Å². The van der Waals surface area contributed by atoms with Crippen molar-refractivity contribution in [3.63, 3.8) is 0 Å². The van der Waals surface area contributed by atoms with Gasteiger partial charge in [0.15, 0.2) is 42.4 Å². The fourth-order valence-corrected chi connectivity index (χ4v) is 24.4. The number of pyridine rings is 5. The molecule has 0 aliphatic heterocycles. The van der Waals surface area contributed by atoms with Gasteiger partial charge in [0.2, 0.25) is 45.5 Å². The molecule has 139 heavy (non-hydrogen) atoms. The van der Waals surface area contributed by atoms with Crippen molar-refractivity contribution >= 4 is 178 Å². The zero-order chi connectivity index (χ0) is 99.8. The number of hydrogen-bond acceptors (Lipinski definition) is 5. The SMILES string of the molecule is [C-]#[N+]c1ccc2c(c1)oc1c(-c3cc(C(C)C)cc[n+]3C)c(C)ccc12.[C-]#[N+]c1ccc2c(c1)oc1c(-c3cc(CC(C)C)cc[n+]3C)c(C)ccc12.[C-]#[N+]c1cccc2c1oc1c(-c3cc(C(C)(C)C)c([Si](C)(C)C)c[n+]3C)c(C)ccc12.[C-]#[N+]c1cccc2c1oc1c(-c3cc([Si](C)(C)C)c(C)c[n+]3C)c(C)ccc12.[C-]#[N+]c1cccc2c1oc1c(-c3cc([Si](C)(C)C)cc[n+]3C)c(C)ccc12. The number of fused-ring (bicyclic) bond motifs is 15. The minimum Gasteiger partial charge on any atom is -0.466 e. The molecule has 0 bridgehead atoms. The van der Waals surface area contributed by atoms with E-state index in [9.17, 15) is 0 Å². The van der Waals surface area contributed by atoms with Crippen LogP contribution in [0.2, 0.25) is 58.9 Å². The van der Waals surface area contributed by atoms with Crippen LogP contribution in [0.25, 0.3) is 190 Å². The van der Waals surface area contributed by atoms with Gasteiger partial charge in [-0.05, 0) is 132 Å². The molecule has 694 valence electrons. The first kappa shape index (κ1) is 97.1. The second-order valence-corrected chi connectivity index (χ2v) is 57.3. The molecule has 10 aromatic heterocycles. The number of rotatable bonds is 11. The molecule has 0 aliphatic rings. The van der Waals surface area contributed by atoms with Gasteiger partial charge in [0.05, 0.1) is 84.9 Å². The Morgan fingerprint density at radius 1 is 0.309 bits per heavy atom. The predicted octanol–water partition coefficient (Wildman–Crippen LogP) is 30.2. The molecule has 18 heteroatoms. The van der Waals surface area contributed by atoms with Crippen molar-refractivity contribution in [3.05, 3.63) is 338 Å². The lowest BCUT2D eigenvalue weighted by Gasteiger charge is -2.28. The van der Waals surface area contributed by atoms with Crippen molar-refractivity contribution in [2.75, 3.05) is 0 Å². The van der Waals surface area contributed by atoms with Crippen molar-refractivity contribution in [2.45, 2.75) is 167 Å². The Kier molecular flexibility index (Phi) is 26.5. The summed E-state index contributed by atoms with van der Waals surface area (Å²) in [6.45, 7) is 87.1. The monoisotopic (exact) mass is 1880 g/mol. The van der Waals surface area contributed by atoms with Gasteiger partial charge in [-0.2, -0.15) is 0 Å². The van der Waals surface area contributed by atoms with E-state index in [-0.39, 0.29) is 5.41 Å². The Morgan fingerprint density at radius 3 is 1.01 bits per heavy atom. The van der Waals surface area contributed by atoms with Crippen LogP contribution < -0.4 is 38.4 Å². The van der Waals surface area contributed by atoms with Gasteiger partial charge in [0.1, 0.15) is 91.1 Å². The van der Waals surface area contributed by atoms with Crippen LogP contribution in [0.3, 0.4) is 0 Å². The van der Waals surface area contributed by atoms with Gasteiger partial charge in [0.25, 0.3) is 0 Å². The number of hydrogen-bond donors (Lipinski definition) is 0. The number of aryl methyl sites for hydroxylation is 11. The maximum absolute atomic E-state index is 7.54. The number of aromatic nitrogens is 5. The lowest BCUT2D eigenvalue weighted by molar-refractivity contribution is -0.660. The second kappa shape index (κ2) is 37.9. The minimum absolute atomic E-state index is 0.0472. The molecule has 0 unspecified atom stereocenters. The average molecular weight is 1880 g/mol. The summed E-state index contributed by atoms with van der Waals surface area (Å²) in [7, 11) is 6.01. The highest BCUT2D eigenvalue weighted by atomic mass is 28.3. The second-order valence-electron chi connectivity index (χ2n) is 42.2. The zero-order valence-electron chi connectivity index (χ0n) is 85.3. The Hall–Kier alpha value is -14.9. The highest BCUT2D eigenvalue weighted by Gasteiger charge is 2.35. The number of nitrogens with zero attached hydrogens (tertiary/aromatic N) is 10. The van der Waals surface area contributed by atoms with E-state index in [1.54, 1.807) is 0 Å². The minimum atomic E-state index is -1.53. The predicted molar refractivity (Wildman–Crippen MR) is 582 cm³/mol. The van der Waals surface area contributed by atoms with Crippen LogP contribution in [-0.2, 0) is 47.1 Å². The van der Waals surface area contributed by atoms with E-state index in [4.69, 9.17) is 54.9 Å². The third-order valence-electron chi connectivity index (χ3n) is 27.0. The molecule has 20 aromatic rings. The van der Waals surface area contributed by atoms with Gasteiger partial charge in [-0.15, -0.1) is 0 Å². The first-order chi connectivity index (χ1) is 65.9. The molecule has 10 heterocycles. The van der Waals surface area contributed by atoms with E-state index in [1.807, 2.05) is 91.0 Å². The summed E-state index contributed by atoms with van der Waals surface area (Å²) in [6, 6.07) is 68.2. The normalized spacial score (nSPS) is 11.8. The van der Waals surface area contributed by atoms with Crippen LogP contribution in [0, 0.1) is 80.3 Å². The van der Waals surface area contributed by atoms with Crippen LogP contribution in [0.4, 0.5) is 28.4 Å². The molecule has 15 nitrogen and oxygen atoms in total. The molecule has 0 N–H and O–H groups in total. The maximum Gasteiger partial charge on any atom is 0.229 e. The highest BCUT2D eigenvalue weighted by molar-refractivity contribution is 6.90. The molecule has 0 atom stereocenters. The molecule has 10 aromatic carbocycles. The van der Waals surface area contributed by atoms with Gasteiger partial charge < -0.3 is 22.1 Å². The molecular weight excluding hydrogens is 1760 g/mol. The largest absolute Gasteiger partial charge is 0.466 e. The quantitative estimate of drug-likeness (QED) is 0.0728. The van der Waals surface area contributed by atoms with Crippen LogP contribution in [-0.4, -0.2) is 24.2 Å². The summed E-state index contributed by atoms with van der Waals surface area (Å²) >= 11 is 0. The van der Waals surface area contributed by atoms with Gasteiger partial charge in [-0.25, -0.2) is 47.1 Å². The van der Waals surface area contributed by atoms with E-state index < -0.39 is 24.2 Å². The molecule has 0 fully saturated rings. The van der Waals surface area contributed by atoms with Gasteiger partial charge in [-0.3, -0.25) is 0 Å². The first-order valence-corrected chi connectivity index (χ1v) is 58.1. The summed E-state index contributed by atoms with van der Waals surface area (Å²) in [5.74, 6) is 1.08. The fraction of sp³-hybridized carbons (Fsp3) is 0.256. The summed E-state index contributed by atoms with van der Waals surface area (Å²) in [5, 5.41) is 14.9. The molecule has 0 aliphatic carbocycles. The Bertz CT molecular complexity index is 8630. The molecule has 0 spiro atoms. The van der Waals surface area contributed by atoms with Gasteiger partial charge in [0, 0.05) is 113 Å². The fourth-order valence-electron chi connectivity index (χ4n) is 19.6. The van der Waals surface area contributed by atoms with Crippen LogP contribution in [0.15, 0.2) is 253 Å². The van der Waals surface area contributed by atoms with Gasteiger partial charge in [-0.1, -0.05) is 247 Å². The van der Waals surface area contributed by atoms with Gasteiger partial charge >= 0.3 is 0 Å². The van der Waals surface area contributed by atoms with Crippen LogP contribution in [0.1, 0.15) is 104 Å². The van der Waals surface area contributed by atoms with Crippen molar-refractivity contribution in [1.82, 2.24) is 0 Å². The summed E-state index contributed by atoms with van der Waals surface area (Å²) < 4.78 is 42.5. The molecule has 0 amide bonds. The Morgan fingerprint density at radius 2 is 0.647 bits per heavy atom. The average Bonchev–Trinajstić information content (AvgIpc) is 1.57. The number of benzene rings is 10. The Labute approximate surface area is 819 Å².